The maximum absolute atomic E-state index is 11.7. The zero-order chi connectivity index (χ0) is 9.97. The monoisotopic (exact) mass is 205 g/mol. The second-order valence-corrected chi connectivity index (χ2v) is 4.02. The van der Waals surface area contributed by atoms with E-state index < -0.39 is 0 Å². The van der Waals surface area contributed by atoms with Crippen molar-refractivity contribution < 1.29 is 4.79 Å². The third-order valence-corrected chi connectivity index (χ3v) is 3.11. The summed E-state index contributed by atoms with van der Waals surface area (Å²) in [5.41, 5.74) is 6.18. The molecule has 0 aliphatic heterocycles. The van der Waals surface area contributed by atoms with Crippen molar-refractivity contribution in [2.75, 3.05) is 6.54 Å². The van der Waals surface area contributed by atoms with Crippen LogP contribution in [0.4, 0.5) is 0 Å². The molecule has 0 radical (unpaired) electrons. The molecule has 0 spiro atoms. The summed E-state index contributed by atoms with van der Waals surface area (Å²) in [7, 11) is 0. The number of rotatable bonds is 3. The predicted octanol–water partition coefficient (Wildman–Crippen LogP) is 2.43. The van der Waals surface area contributed by atoms with Crippen LogP contribution in [0.2, 0.25) is 0 Å². The van der Waals surface area contributed by atoms with E-state index in [9.17, 15) is 4.79 Å². The molecule has 0 unspecified atom stereocenters. The second-order valence-electron chi connectivity index (χ2n) is 3.11. The summed E-state index contributed by atoms with van der Waals surface area (Å²) in [6.07, 6.45) is 0.428. The van der Waals surface area contributed by atoms with Crippen LogP contribution in [0.3, 0.4) is 0 Å². The first-order chi connectivity index (χ1) is 6.83. The van der Waals surface area contributed by atoms with Gasteiger partial charge in [-0.1, -0.05) is 12.1 Å². The number of nitrogens with two attached hydrogens (primary N) is 1. The molecule has 0 bridgehead atoms. The Balaban J connectivity index is 2.50. The van der Waals surface area contributed by atoms with Crippen LogP contribution in [0.5, 0.6) is 0 Å². The molecule has 2 rings (SSSR count). The molecule has 2 N–H and O–H groups in total. The van der Waals surface area contributed by atoms with Gasteiger partial charge in [-0.05, 0) is 29.4 Å². The Hall–Kier alpha value is -1.19. The number of carbonyl (C=O) groups is 1. The van der Waals surface area contributed by atoms with E-state index in [0.29, 0.717) is 13.0 Å². The van der Waals surface area contributed by atoms with Gasteiger partial charge in [-0.3, -0.25) is 4.79 Å². The van der Waals surface area contributed by atoms with Gasteiger partial charge >= 0.3 is 0 Å². The summed E-state index contributed by atoms with van der Waals surface area (Å²) in [4.78, 5) is 11.7. The Morgan fingerprint density at radius 1 is 1.36 bits per heavy atom. The van der Waals surface area contributed by atoms with Crippen LogP contribution in [0.1, 0.15) is 16.8 Å². The van der Waals surface area contributed by atoms with Crippen LogP contribution in [0.25, 0.3) is 10.1 Å². The van der Waals surface area contributed by atoms with Crippen molar-refractivity contribution in [3.63, 3.8) is 0 Å². The fraction of sp³-hybridized carbons (Fsp3) is 0.182. The Kier molecular flexibility index (Phi) is 2.61. The highest BCUT2D eigenvalue weighted by Gasteiger charge is 2.09. The quantitative estimate of drug-likeness (QED) is 0.782. The lowest BCUT2D eigenvalue weighted by Gasteiger charge is -2.00. The van der Waals surface area contributed by atoms with Crippen molar-refractivity contribution in [2.45, 2.75) is 6.42 Å². The van der Waals surface area contributed by atoms with Gasteiger partial charge in [-0.2, -0.15) is 0 Å². The molecule has 0 amide bonds. The zero-order valence-corrected chi connectivity index (χ0v) is 8.51. The lowest BCUT2D eigenvalue weighted by atomic mass is 10.1. The number of ketones is 1. The third kappa shape index (κ3) is 1.56. The minimum atomic E-state index is 0.139. The topological polar surface area (TPSA) is 43.1 Å². The van der Waals surface area contributed by atoms with Crippen molar-refractivity contribution in [3.8, 4) is 0 Å². The van der Waals surface area contributed by atoms with Gasteiger partial charge in [-0.25, -0.2) is 0 Å². The van der Waals surface area contributed by atoms with Crippen molar-refractivity contribution in [2.24, 2.45) is 5.73 Å². The van der Waals surface area contributed by atoms with Crippen molar-refractivity contribution >= 4 is 27.2 Å². The average molecular weight is 205 g/mol. The first-order valence-electron chi connectivity index (χ1n) is 4.52. The average Bonchev–Trinajstić information content (AvgIpc) is 2.65. The Bertz CT molecular complexity index is 461. The van der Waals surface area contributed by atoms with E-state index in [1.54, 1.807) is 11.3 Å². The highest BCUT2D eigenvalue weighted by molar-refractivity contribution is 7.17. The first kappa shape index (κ1) is 9.37. The van der Waals surface area contributed by atoms with Gasteiger partial charge < -0.3 is 5.73 Å². The number of carbonyl (C=O) groups excluding carboxylic acids is 1. The van der Waals surface area contributed by atoms with E-state index in [0.717, 1.165) is 15.6 Å². The SMILES string of the molecule is NCCC(=O)c1cccc2ccsc12. The number of fused-ring (bicyclic) bond motifs is 1. The van der Waals surface area contributed by atoms with E-state index in [1.807, 2.05) is 29.6 Å². The molecule has 0 aliphatic carbocycles. The lowest BCUT2D eigenvalue weighted by molar-refractivity contribution is 0.0987. The van der Waals surface area contributed by atoms with Gasteiger partial charge in [0, 0.05) is 16.7 Å². The number of benzene rings is 1. The summed E-state index contributed by atoms with van der Waals surface area (Å²) < 4.78 is 1.07. The summed E-state index contributed by atoms with van der Waals surface area (Å²) in [6.45, 7) is 0.417. The molecular formula is C11H11NOS. The van der Waals surface area contributed by atoms with E-state index in [1.165, 1.54) is 0 Å². The summed E-state index contributed by atoms with van der Waals surface area (Å²) in [6, 6.07) is 7.83. The molecule has 72 valence electrons. The highest BCUT2D eigenvalue weighted by atomic mass is 32.1. The van der Waals surface area contributed by atoms with Gasteiger partial charge in [0.2, 0.25) is 0 Å². The Labute approximate surface area is 86.3 Å². The van der Waals surface area contributed by atoms with Gasteiger partial charge in [0.05, 0.1) is 0 Å². The van der Waals surface area contributed by atoms with Gasteiger partial charge in [0.15, 0.2) is 5.78 Å². The standard InChI is InChI=1S/C11H11NOS/c12-6-4-10(13)9-3-1-2-8-5-7-14-11(8)9/h1-3,5,7H,4,6,12H2. The molecule has 1 aromatic heterocycles. The number of thiophene rings is 1. The van der Waals surface area contributed by atoms with Crippen LogP contribution in [0, 0.1) is 0 Å². The van der Waals surface area contributed by atoms with Crippen LogP contribution < -0.4 is 5.73 Å². The normalized spacial score (nSPS) is 10.6. The molecular weight excluding hydrogens is 194 g/mol. The van der Waals surface area contributed by atoms with Crippen LogP contribution in [-0.4, -0.2) is 12.3 Å². The highest BCUT2D eigenvalue weighted by Crippen LogP contribution is 2.25. The van der Waals surface area contributed by atoms with Gasteiger partial charge in [0.25, 0.3) is 0 Å². The van der Waals surface area contributed by atoms with Crippen LogP contribution in [0.15, 0.2) is 29.6 Å². The fourth-order valence-electron chi connectivity index (χ4n) is 1.48. The molecule has 0 fully saturated rings. The number of Topliss-reactive ketones (excluding diaryl/α,β-unsaturated/α-hetero) is 1. The lowest BCUT2D eigenvalue weighted by Crippen LogP contribution is -2.07. The van der Waals surface area contributed by atoms with Crippen molar-refractivity contribution in [1.82, 2.24) is 0 Å². The molecule has 0 saturated heterocycles. The van der Waals surface area contributed by atoms with Crippen molar-refractivity contribution in [3.05, 3.63) is 35.2 Å². The minimum Gasteiger partial charge on any atom is -0.330 e. The molecule has 1 heterocycles. The minimum absolute atomic E-state index is 0.139. The maximum Gasteiger partial charge on any atom is 0.165 e. The summed E-state index contributed by atoms with van der Waals surface area (Å²) >= 11 is 1.61. The van der Waals surface area contributed by atoms with E-state index in [-0.39, 0.29) is 5.78 Å². The van der Waals surface area contributed by atoms with Crippen LogP contribution in [-0.2, 0) is 0 Å². The van der Waals surface area contributed by atoms with E-state index in [4.69, 9.17) is 5.73 Å². The molecule has 14 heavy (non-hydrogen) atoms. The first-order valence-corrected chi connectivity index (χ1v) is 5.40. The Morgan fingerprint density at radius 3 is 3.00 bits per heavy atom. The zero-order valence-electron chi connectivity index (χ0n) is 7.69. The number of hydrogen-bond donors (Lipinski definition) is 1. The Morgan fingerprint density at radius 2 is 2.21 bits per heavy atom. The second kappa shape index (κ2) is 3.90. The molecule has 0 saturated carbocycles. The van der Waals surface area contributed by atoms with E-state index >= 15 is 0 Å². The smallest absolute Gasteiger partial charge is 0.165 e. The largest absolute Gasteiger partial charge is 0.330 e. The summed E-state index contributed by atoms with van der Waals surface area (Å²) in [5, 5.41) is 3.14. The van der Waals surface area contributed by atoms with Gasteiger partial charge in [0.1, 0.15) is 0 Å². The predicted molar refractivity (Wildman–Crippen MR) is 59.8 cm³/mol. The molecule has 0 aliphatic rings. The summed E-state index contributed by atoms with van der Waals surface area (Å²) in [5.74, 6) is 0.139. The fourth-order valence-corrected chi connectivity index (χ4v) is 2.41. The third-order valence-electron chi connectivity index (χ3n) is 2.15. The van der Waals surface area contributed by atoms with Crippen molar-refractivity contribution in [1.29, 1.82) is 0 Å². The molecule has 0 atom stereocenters. The van der Waals surface area contributed by atoms with Crippen LogP contribution >= 0.6 is 11.3 Å². The molecule has 2 aromatic rings. The molecule has 3 heteroatoms. The van der Waals surface area contributed by atoms with Gasteiger partial charge in [-0.15, -0.1) is 11.3 Å². The molecule has 1 aromatic carbocycles. The molecule has 2 nitrogen and oxygen atoms in total. The van der Waals surface area contributed by atoms with E-state index in [2.05, 4.69) is 0 Å². The number of hydrogen-bond acceptors (Lipinski definition) is 3. The maximum atomic E-state index is 11.7.